The van der Waals surface area contributed by atoms with Gasteiger partial charge in [0, 0.05) is 18.3 Å². The minimum absolute atomic E-state index is 0.488. The van der Waals surface area contributed by atoms with Crippen molar-refractivity contribution in [2.45, 2.75) is 19.5 Å². The summed E-state index contributed by atoms with van der Waals surface area (Å²) in [5.41, 5.74) is 1.95. The summed E-state index contributed by atoms with van der Waals surface area (Å²) in [6.07, 6.45) is 3.93. The number of aromatic nitrogens is 3. The molecule has 18 heavy (non-hydrogen) atoms. The zero-order valence-corrected chi connectivity index (χ0v) is 11.5. The number of benzene rings is 1. The van der Waals surface area contributed by atoms with Gasteiger partial charge in [0.1, 0.15) is 0 Å². The second kappa shape index (κ2) is 6.56. The van der Waals surface area contributed by atoms with Crippen LogP contribution in [0.25, 0.3) is 5.69 Å². The minimum atomic E-state index is 0.488. The fourth-order valence-electron chi connectivity index (χ4n) is 1.65. The zero-order valence-electron chi connectivity index (χ0n) is 10.7. The number of nitrogens with one attached hydrogen (secondary N) is 1. The van der Waals surface area contributed by atoms with E-state index in [1.165, 1.54) is 0 Å². The normalized spacial score (nSPS) is 12.6. The highest BCUT2D eigenvalue weighted by molar-refractivity contribution is 7.98. The Labute approximate surface area is 112 Å². The molecule has 1 unspecified atom stereocenters. The van der Waals surface area contributed by atoms with Crippen molar-refractivity contribution in [3.63, 3.8) is 0 Å². The topological polar surface area (TPSA) is 42.7 Å². The molecule has 0 aliphatic rings. The SMILES string of the molecule is CSCC(C)NCc1cnn(-c2ccccc2)n1. The van der Waals surface area contributed by atoms with Gasteiger partial charge in [-0.2, -0.15) is 26.8 Å². The first-order chi connectivity index (χ1) is 8.79. The largest absolute Gasteiger partial charge is 0.308 e. The van der Waals surface area contributed by atoms with Crippen LogP contribution in [0.4, 0.5) is 0 Å². The molecule has 4 nitrogen and oxygen atoms in total. The molecule has 5 heteroatoms. The van der Waals surface area contributed by atoms with Crippen molar-refractivity contribution in [1.82, 2.24) is 20.3 Å². The van der Waals surface area contributed by atoms with Gasteiger partial charge in [0.05, 0.1) is 17.6 Å². The standard InChI is InChI=1S/C13H18N4S/c1-11(10-18-2)14-8-12-9-15-17(16-12)13-6-4-3-5-7-13/h3-7,9,11,14H,8,10H2,1-2H3. The van der Waals surface area contributed by atoms with Gasteiger partial charge in [-0.3, -0.25) is 0 Å². The lowest BCUT2D eigenvalue weighted by atomic mass is 10.3. The summed E-state index contributed by atoms with van der Waals surface area (Å²) in [6.45, 7) is 2.94. The summed E-state index contributed by atoms with van der Waals surface area (Å²) in [7, 11) is 0. The Bertz CT molecular complexity index is 469. The van der Waals surface area contributed by atoms with Gasteiger partial charge in [-0.25, -0.2) is 0 Å². The molecule has 0 aliphatic carbocycles. The molecular formula is C13H18N4S. The summed E-state index contributed by atoms with van der Waals surface area (Å²) < 4.78 is 0. The van der Waals surface area contributed by atoms with Gasteiger partial charge in [-0.1, -0.05) is 18.2 Å². The summed E-state index contributed by atoms with van der Waals surface area (Å²) in [5, 5.41) is 12.1. The molecule has 2 rings (SSSR count). The van der Waals surface area contributed by atoms with Crippen molar-refractivity contribution in [2.75, 3.05) is 12.0 Å². The molecule has 0 fully saturated rings. The monoisotopic (exact) mass is 262 g/mol. The highest BCUT2D eigenvalue weighted by Gasteiger charge is 2.04. The van der Waals surface area contributed by atoms with Gasteiger partial charge in [0.25, 0.3) is 0 Å². The Morgan fingerprint density at radius 3 is 2.83 bits per heavy atom. The summed E-state index contributed by atoms with van der Waals surface area (Å²) >= 11 is 1.84. The van der Waals surface area contributed by atoms with E-state index < -0.39 is 0 Å². The van der Waals surface area contributed by atoms with E-state index in [1.807, 2.05) is 48.3 Å². The van der Waals surface area contributed by atoms with E-state index in [1.54, 1.807) is 4.80 Å². The number of hydrogen-bond acceptors (Lipinski definition) is 4. The van der Waals surface area contributed by atoms with Crippen LogP contribution in [0.2, 0.25) is 0 Å². The van der Waals surface area contributed by atoms with Gasteiger partial charge < -0.3 is 5.32 Å². The van der Waals surface area contributed by atoms with E-state index in [2.05, 4.69) is 28.7 Å². The molecule has 0 spiro atoms. The van der Waals surface area contributed by atoms with E-state index in [9.17, 15) is 0 Å². The van der Waals surface area contributed by atoms with Crippen LogP contribution in [0, 0.1) is 0 Å². The van der Waals surface area contributed by atoms with Crippen LogP contribution in [-0.2, 0) is 6.54 Å². The number of hydrogen-bond donors (Lipinski definition) is 1. The second-order valence-electron chi connectivity index (χ2n) is 4.20. The van der Waals surface area contributed by atoms with Crippen molar-refractivity contribution in [3.8, 4) is 5.69 Å². The molecule has 0 amide bonds. The van der Waals surface area contributed by atoms with E-state index in [0.717, 1.165) is 23.7 Å². The van der Waals surface area contributed by atoms with E-state index >= 15 is 0 Å². The molecule has 1 aromatic heterocycles. The molecule has 1 heterocycles. The predicted molar refractivity (Wildman–Crippen MR) is 76.0 cm³/mol. The van der Waals surface area contributed by atoms with E-state index in [0.29, 0.717) is 6.04 Å². The van der Waals surface area contributed by atoms with Crippen LogP contribution in [0.3, 0.4) is 0 Å². The molecule has 2 aromatic rings. The molecule has 0 aliphatic heterocycles. The second-order valence-corrected chi connectivity index (χ2v) is 5.11. The Kier molecular flexibility index (Phi) is 4.78. The highest BCUT2D eigenvalue weighted by Crippen LogP contribution is 2.04. The van der Waals surface area contributed by atoms with Crippen molar-refractivity contribution >= 4 is 11.8 Å². The minimum Gasteiger partial charge on any atom is -0.308 e. The number of para-hydroxylation sites is 1. The van der Waals surface area contributed by atoms with Crippen LogP contribution in [0.5, 0.6) is 0 Å². The van der Waals surface area contributed by atoms with Crippen LogP contribution >= 0.6 is 11.8 Å². The van der Waals surface area contributed by atoms with Gasteiger partial charge in [0.15, 0.2) is 0 Å². The first-order valence-corrected chi connectivity index (χ1v) is 7.38. The molecule has 0 bridgehead atoms. The van der Waals surface area contributed by atoms with E-state index in [4.69, 9.17) is 0 Å². The smallest absolute Gasteiger partial charge is 0.0969 e. The molecule has 1 atom stereocenters. The first-order valence-electron chi connectivity index (χ1n) is 5.98. The molecule has 0 saturated carbocycles. The molecule has 1 aromatic carbocycles. The third kappa shape index (κ3) is 3.58. The van der Waals surface area contributed by atoms with Crippen molar-refractivity contribution < 1.29 is 0 Å². The lowest BCUT2D eigenvalue weighted by Crippen LogP contribution is -2.27. The Morgan fingerprint density at radius 1 is 1.33 bits per heavy atom. The molecule has 1 N–H and O–H groups in total. The Balaban J connectivity index is 1.95. The number of thioether (sulfide) groups is 1. The van der Waals surface area contributed by atoms with Crippen molar-refractivity contribution in [1.29, 1.82) is 0 Å². The maximum atomic E-state index is 4.45. The zero-order chi connectivity index (χ0) is 12.8. The van der Waals surface area contributed by atoms with Crippen molar-refractivity contribution in [2.24, 2.45) is 0 Å². The highest BCUT2D eigenvalue weighted by atomic mass is 32.2. The first kappa shape index (κ1) is 13.1. The summed E-state index contributed by atoms with van der Waals surface area (Å²) in [5.74, 6) is 1.10. The fourth-order valence-corrected chi connectivity index (χ4v) is 2.27. The average molecular weight is 262 g/mol. The van der Waals surface area contributed by atoms with Crippen LogP contribution in [0.15, 0.2) is 36.5 Å². The molecule has 0 saturated heterocycles. The van der Waals surface area contributed by atoms with Gasteiger partial charge >= 0.3 is 0 Å². The van der Waals surface area contributed by atoms with Crippen LogP contribution < -0.4 is 5.32 Å². The third-order valence-electron chi connectivity index (χ3n) is 2.57. The Hall–Kier alpha value is -1.33. The maximum absolute atomic E-state index is 4.45. The fraction of sp³-hybridized carbons (Fsp3) is 0.385. The lowest BCUT2D eigenvalue weighted by molar-refractivity contribution is 0.583. The summed E-state index contributed by atoms with van der Waals surface area (Å²) in [6, 6.07) is 10.4. The number of nitrogens with zero attached hydrogens (tertiary/aromatic N) is 3. The lowest BCUT2D eigenvalue weighted by Gasteiger charge is -2.10. The van der Waals surface area contributed by atoms with Gasteiger partial charge in [-0.05, 0) is 25.3 Å². The Morgan fingerprint density at radius 2 is 2.11 bits per heavy atom. The van der Waals surface area contributed by atoms with Gasteiger partial charge in [-0.15, -0.1) is 0 Å². The molecular weight excluding hydrogens is 244 g/mol. The van der Waals surface area contributed by atoms with Crippen LogP contribution in [0.1, 0.15) is 12.6 Å². The van der Waals surface area contributed by atoms with Crippen molar-refractivity contribution in [3.05, 3.63) is 42.2 Å². The summed E-state index contributed by atoms with van der Waals surface area (Å²) in [4.78, 5) is 1.66. The van der Waals surface area contributed by atoms with Gasteiger partial charge in [0.2, 0.25) is 0 Å². The molecule has 96 valence electrons. The molecule has 0 radical (unpaired) electrons. The van der Waals surface area contributed by atoms with Crippen LogP contribution in [-0.4, -0.2) is 33.0 Å². The predicted octanol–water partition coefficient (Wildman–Crippen LogP) is 2.11. The number of rotatable bonds is 6. The average Bonchev–Trinajstić information content (AvgIpc) is 2.87. The quantitative estimate of drug-likeness (QED) is 0.866. The third-order valence-corrected chi connectivity index (χ3v) is 3.41. The van der Waals surface area contributed by atoms with E-state index in [-0.39, 0.29) is 0 Å². The maximum Gasteiger partial charge on any atom is 0.0969 e.